The fraction of sp³-hybridized carbons (Fsp3) is 0.100. The zero-order valence-electron chi connectivity index (χ0n) is 9.15. The average molecular weight is 247 g/mol. The van der Waals surface area contributed by atoms with Gasteiger partial charge in [-0.25, -0.2) is 0 Å². The van der Waals surface area contributed by atoms with E-state index in [0.717, 1.165) is 0 Å². The fourth-order valence-corrected chi connectivity index (χ4v) is 1.42. The lowest BCUT2D eigenvalue weighted by Crippen LogP contribution is -2.12. The SMILES string of the molecule is NC(=O)c1ccc(-n2nnnc2CC(=O)O)cc1. The minimum atomic E-state index is -1.03. The van der Waals surface area contributed by atoms with Crippen LogP contribution in [0.2, 0.25) is 0 Å². The van der Waals surface area contributed by atoms with Crippen molar-refractivity contribution in [3.05, 3.63) is 35.7 Å². The second kappa shape index (κ2) is 4.62. The van der Waals surface area contributed by atoms with Crippen molar-refractivity contribution in [3.63, 3.8) is 0 Å². The number of aromatic nitrogens is 4. The van der Waals surface area contributed by atoms with E-state index in [0.29, 0.717) is 11.3 Å². The van der Waals surface area contributed by atoms with Gasteiger partial charge in [-0.15, -0.1) is 5.10 Å². The second-order valence-electron chi connectivity index (χ2n) is 3.49. The standard InChI is InChI=1S/C10H9N5O3/c11-10(18)6-1-3-7(4-2-6)15-8(5-9(16)17)12-13-14-15/h1-4H,5H2,(H2,11,18)(H,16,17). The van der Waals surface area contributed by atoms with Crippen molar-refractivity contribution in [1.82, 2.24) is 20.2 Å². The molecule has 0 atom stereocenters. The summed E-state index contributed by atoms with van der Waals surface area (Å²) in [6.45, 7) is 0. The molecule has 0 bridgehead atoms. The van der Waals surface area contributed by atoms with Crippen LogP contribution in [0.1, 0.15) is 16.2 Å². The summed E-state index contributed by atoms with van der Waals surface area (Å²) in [6, 6.07) is 6.21. The van der Waals surface area contributed by atoms with Crippen LogP contribution in [0, 0.1) is 0 Å². The lowest BCUT2D eigenvalue weighted by Gasteiger charge is -2.03. The number of carbonyl (C=O) groups excluding carboxylic acids is 1. The Balaban J connectivity index is 2.34. The van der Waals surface area contributed by atoms with Crippen molar-refractivity contribution in [2.75, 3.05) is 0 Å². The summed E-state index contributed by atoms with van der Waals surface area (Å²) in [4.78, 5) is 21.5. The molecule has 8 heteroatoms. The molecule has 0 aliphatic heterocycles. The number of rotatable bonds is 4. The van der Waals surface area contributed by atoms with E-state index in [1.807, 2.05) is 0 Å². The predicted molar refractivity (Wildman–Crippen MR) is 59.0 cm³/mol. The van der Waals surface area contributed by atoms with Crippen molar-refractivity contribution in [2.45, 2.75) is 6.42 Å². The summed E-state index contributed by atoms with van der Waals surface area (Å²) < 4.78 is 1.29. The average Bonchev–Trinajstić information content (AvgIpc) is 2.76. The van der Waals surface area contributed by atoms with Gasteiger partial charge in [0.05, 0.1) is 5.69 Å². The highest BCUT2D eigenvalue weighted by Gasteiger charge is 2.12. The number of hydrogen-bond donors (Lipinski definition) is 2. The van der Waals surface area contributed by atoms with Crippen molar-refractivity contribution in [2.24, 2.45) is 5.73 Å². The molecular formula is C10H9N5O3. The Morgan fingerprint density at radius 3 is 2.50 bits per heavy atom. The molecule has 0 aliphatic carbocycles. The van der Waals surface area contributed by atoms with E-state index in [4.69, 9.17) is 10.8 Å². The van der Waals surface area contributed by atoms with Gasteiger partial charge in [0, 0.05) is 5.56 Å². The molecule has 1 aromatic carbocycles. The summed E-state index contributed by atoms with van der Waals surface area (Å²) in [7, 11) is 0. The largest absolute Gasteiger partial charge is 0.481 e. The minimum Gasteiger partial charge on any atom is -0.481 e. The van der Waals surface area contributed by atoms with Crippen molar-refractivity contribution in [1.29, 1.82) is 0 Å². The maximum Gasteiger partial charge on any atom is 0.311 e. The van der Waals surface area contributed by atoms with Crippen LogP contribution in [0.25, 0.3) is 5.69 Å². The molecular weight excluding hydrogens is 238 g/mol. The summed E-state index contributed by atoms with van der Waals surface area (Å²) in [5.41, 5.74) is 6.02. The van der Waals surface area contributed by atoms with E-state index >= 15 is 0 Å². The van der Waals surface area contributed by atoms with Crippen molar-refractivity contribution < 1.29 is 14.7 Å². The number of hydrogen-bond acceptors (Lipinski definition) is 5. The number of nitrogens with zero attached hydrogens (tertiary/aromatic N) is 4. The maximum atomic E-state index is 10.9. The smallest absolute Gasteiger partial charge is 0.311 e. The number of carboxylic acid groups (broad SMARTS) is 1. The molecule has 0 saturated carbocycles. The van der Waals surface area contributed by atoms with E-state index < -0.39 is 11.9 Å². The van der Waals surface area contributed by atoms with Gasteiger partial charge in [0.1, 0.15) is 6.42 Å². The van der Waals surface area contributed by atoms with Crippen LogP contribution < -0.4 is 5.73 Å². The fourth-order valence-electron chi connectivity index (χ4n) is 1.42. The highest BCUT2D eigenvalue weighted by Crippen LogP contribution is 2.10. The molecule has 0 spiro atoms. The highest BCUT2D eigenvalue weighted by atomic mass is 16.4. The second-order valence-corrected chi connectivity index (χ2v) is 3.49. The third-order valence-electron chi connectivity index (χ3n) is 2.24. The highest BCUT2D eigenvalue weighted by molar-refractivity contribution is 5.92. The summed E-state index contributed by atoms with van der Waals surface area (Å²) in [5.74, 6) is -1.36. The van der Waals surface area contributed by atoms with Crippen LogP contribution in [0.4, 0.5) is 0 Å². The lowest BCUT2D eigenvalue weighted by atomic mass is 10.2. The Kier molecular flexibility index (Phi) is 3.00. The molecule has 1 amide bonds. The summed E-state index contributed by atoms with van der Waals surface area (Å²) in [6.07, 6.45) is -0.287. The van der Waals surface area contributed by atoms with Crippen LogP contribution >= 0.6 is 0 Å². The van der Waals surface area contributed by atoms with Gasteiger partial charge >= 0.3 is 5.97 Å². The Morgan fingerprint density at radius 2 is 1.94 bits per heavy atom. The molecule has 2 rings (SSSR count). The maximum absolute atomic E-state index is 10.9. The van der Waals surface area contributed by atoms with Gasteiger partial charge in [-0.2, -0.15) is 4.68 Å². The van der Waals surface area contributed by atoms with Gasteiger partial charge < -0.3 is 10.8 Å². The van der Waals surface area contributed by atoms with E-state index in [9.17, 15) is 9.59 Å². The number of aliphatic carboxylic acids is 1. The number of benzene rings is 1. The molecule has 0 unspecified atom stereocenters. The monoisotopic (exact) mass is 247 g/mol. The first kappa shape index (κ1) is 11.7. The molecule has 1 aromatic heterocycles. The number of tetrazole rings is 1. The first-order valence-electron chi connectivity index (χ1n) is 4.97. The molecule has 8 nitrogen and oxygen atoms in total. The van der Waals surface area contributed by atoms with E-state index in [1.54, 1.807) is 12.1 Å². The van der Waals surface area contributed by atoms with Crippen molar-refractivity contribution in [3.8, 4) is 5.69 Å². The van der Waals surface area contributed by atoms with Gasteiger partial charge in [-0.05, 0) is 34.7 Å². The third-order valence-corrected chi connectivity index (χ3v) is 2.24. The van der Waals surface area contributed by atoms with Crippen LogP contribution in [0.3, 0.4) is 0 Å². The molecule has 3 N–H and O–H groups in total. The number of amides is 1. The molecule has 92 valence electrons. The first-order valence-corrected chi connectivity index (χ1v) is 4.97. The Bertz CT molecular complexity index is 590. The zero-order chi connectivity index (χ0) is 13.1. The van der Waals surface area contributed by atoms with Crippen LogP contribution in [0.15, 0.2) is 24.3 Å². The van der Waals surface area contributed by atoms with Crippen LogP contribution in [0.5, 0.6) is 0 Å². The van der Waals surface area contributed by atoms with Crippen molar-refractivity contribution >= 4 is 11.9 Å². The Hall–Kier alpha value is -2.77. The van der Waals surface area contributed by atoms with Crippen LogP contribution in [-0.4, -0.2) is 37.2 Å². The van der Waals surface area contributed by atoms with Gasteiger partial charge in [0.25, 0.3) is 0 Å². The number of carbonyl (C=O) groups is 2. The molecule has 18 heavy (non-hydrogen) atoms. The molecule has 0 fully saturated rings. The molecule has 0 saturated heterocycles. The Labute approximate surface area is 101 Å². The molecule has 0 aliphatic rings. The Morgan fingerprint density at radius 1 is 1.28 bits per heavy atom. The van der Waals surface area contributed by atoms with E-state index in [1.165, 1.54) is 16.8 Å². The summed E-state index contributed by atoms with van der Waals surface area (Å²) >= 11 is 0. The molecule has 1 heterocycles. The minimum absolute atomic E-state index is 0.203. The quantitative estimate of drug-likeness (QED) is 0.742. The summed E-state index contributed by atoms with van der Waals surface area (Å²) in [5, 5.41) is 19.4. The topological polar surface area (TPSA) is 124 Å². The molecule has 2 aromatic rings. The number of primary amides is 1. The van der Waals surface area contributed by atoms with E-state index in [-0.39, 0.29) is 12.2 Å². The van der Waals surface area contributed by atoms with Gasteiger partial charge in [-0.1, -0.05) is 0 Å². The van der Waals surface area contributed by atoms with Gasteiger partial charge in [0.2, 0.25) is 5.91 Å². The third kappa shape index (κ3) is 2.32. The van der Waals surface area contributed by atoms with Gasteiger partial charge in [0.15, 0.2) is 5.82 Å². The van der Waals surface area contributed by atoms with E-state index in [2.05, 4.69) is 15.5 Å². The van der Waals surface area contributed by atoms with Crippen LogP contribution in [-0.2, 0) is 11.2 Å². The molecule has 0 radical (unpaired) electrons. The first-order chi connectivity index (χ1) is 8.58. The number of carboxylic acids is 1. The van der Waals surface area contributed by atoms with Gasteiger partial charge in [-0.3, -0.25) is 9.59 Å². The number of nitrogens with two attached hydrogens (primary N) is 1. The lowest BCUT2D eigenvalue weighted by molar-refractivity contribution is -0.136. The predicted octanol–water partition coefficient (Wildman–Crippen LogP) is -0.612. The zero-order valence-corrected chi connectivity index (χ0v) is 9.15. The normalized spacial score (nSPS) is 10.2.